The SMILES string of the molecule is CC.Cc1ccc2ncc(C)cc2c1. The molecule has 0 aliphatic carbocycles. The van der Waals surface area contributed by atoms with Gasteiger partial charge in [0.1, 0.15) is 0 Å². The summed E-state index contributed by atoms with van der Waals surface area (Å²) in [6, 6.07) is 8.47. The number of fused-ring (bicyclic) bond motifs is 1. The van der Waals surface area contributed by atoms with Crippen LogP contribution >= 0.6 is 0 Å². The van der Waals surface area contributed by atoms with Gasteiger partial charge in [-0.05, 0) is 37.6 Å². The van der Waals surface area contributed by atoms with E-state index in [0.29, 0.717) is 0 Å². The Morgan fingerprint density at radius 1 is 0.929 bits per heavy atom. The smallest absolute Gasteiger partial charge is 0.0702 e. The standard InChI is InChI=1S/C11H11N.C2H6/c1-8-3-4-11-10(5-8)6-9(2)7-12-11;1-2/h3-7H,1-2H3;1-2H3. The molecule has 0 aliphatic rings. The van der Waals surface area contributed by atoms with Crippen molar-refractivity contribution in [2.45, 2.75) is 27.7 Å². The van der Waals surface area contributed by atoms with E-state index < -0.39 is 0 Å². The van der Waals surface area contributed by atoms with E-state index in [4.69, 9.17) is 0 Å². The van der Waals surface area contributed by atoms with Gasteiger partial charge in [0, 0.05) is 11.6 Å². The fourth-order valence-corrected chi connectivity index (χ4v) is 1.36. The summed E-state index contributed by atoms with van der Waals surface area (Å²) in [5.74, 6) is 0. The fourth-order valence-electron chi connectivity index (χ4n) is 1.36. The number of benzene rings is 1. The fraction of sp³-hybridized carbons (Fsp3) is 0.308. The van der Waals surface area contributed by atoms with Crippen LogP contribution in [0.15, 0.2) is 30.5 Å². The Morgan fingerprint density at radius 3 is 2.29 bits per heavy atom. The Hall–Kier alpha value is -1.37. The zero-order valence-corrected chi connectivity index (χ0v) is 9.33. The highest BCUT2D eigenvalue weighted by molar-refractivity contribution is 5.79. The van der Waals surface area contributed by atoms with Crippen LogP contribution in [0.5, 0.6) is 0 Å². The first-order valence-corrected chi connectivity index (χ1v) is 5.09. The van der Waals surface area contributed by atoms with Crippen molar-refractivity contribution in [1.82, 2.24) is 4.98 Å². The lowest BCUT2D eigenvalue weighted by Crippen LogP contribution is -1.81. The lowest BCUT2D eigenvalue weighted by molar-refractivity contribution is 1.33. The van der Waals surface area contributed by atoms with Crippen LogP contribution in [0.2, 0.25) is 0 Å². The molecule has 1 nitrogen and oxygen atoms in total. The van der Waals surface area contributed by atoms with Crippen molar-refractivity contribution < 1.29 is 0 Å². The highest BCUT2D eigenvalue weighted by Crippen LogP contribution is 2.14. The summed E-state index contributed by atoms with van der Waals surface area (Å²) in [7, 11) is 0. The molecule has 0 atom stereocenters. The summed E-state index contributed by atoms with van der Waals surface area (Å²) < 4.78 is 0. The summed E-state index contributed by atoms with van der Waals surface area (Å²) >= 11 is 0. The molecule has 2 rings (SSSR count). The second-order valence-electron chi connectivity index (χ2n) is 3.21. The maximum atomic E-state index is 4.32. The van der Waals surface area contributed by atoms with E-state index >= 15 is 0 Å². The topological polar surface area (TPSA) is 12.9 Å². The van der Waals surface area contributed by atoms with Crippen molar-refractivity contribution in [1.29, 1.82) is 0 Å². The number of nitrogens with zero attached hydrogens (tertiary/aromatic N) is 1. The number of aryl methyl sites for hydroxylation is 2. The van der Waals surface area contributed by atoms with E-state index in [1.165, 1.54) is 16.5 Å². The van der Waals surface area contributed by atoms with Gasteiger partial charge in [-0.1, -0.05) is 25.5 Å². The van der Waals surface area contributed by atoms with Gasteiger partial charge in [-0.25, -0.2) is 0 Å². The largest absolute Gasteiger partial charge is 0.256 e. The van der Waals surface area contributed by atoms with Gasteiger partial charge in [0.05, 0.1) is 5.52 Å². The molecule has 0 bridgehead atoms. The molecule has 1 heterocycles. The Balaban J connectivity index is 0.000000461. The van der Waals surface area contributed by atoms with Crippen molar-refractivity contribution in [2.75, 3.05) is 0 Å². The molecule has 2 aromatic rings. The van der Waals surface area contributed by atoms with Gasteiger partial charge < -0.3 is 0 Å². The normalized spacial score (nSPS) is 9.43. The Kier molecular flexibility index (Phi) is 3.63. The number of hydrogen-bond donors (Lipinski definition) is 0. The maximum absolute atomic E-state index is 4.32. The highest BCUT2D eigenvalue weighted by atomic mass is 14.6. The average Bonchev–Trinajstić information content (AvgIpc) is 2.20. The molecule has 1 aromatic carbocycles. The average molecular weight is 187 g/mol. The Labute approximate surface area is 85.8 Å². The van der Waals surface area contributed by atoms with E-state index in [0.717, 1.165) is 5.52 Å². The van der Waals surface area contributed by atoms with Crippen LogP contribution in [0.4, 0.5) is 0 Å². The first-order valence-electron chi connectivity index (χ1n) is 5.09. The van der Waals surface area contributed by atoms with Crippen LogP contribution < -0.4 is 0 Å². The minimum atomic E-state index is 1.08. The minimum Gasteiger partial charge on any atom is -0.256 e. The molecule has 0 amide bonds. The summed E-state index contributed by atoms with van der Waals surface area (Å²) in [4.78, 5) is 4.32. The monoisotopic (exact) mass is 187 g/mol. The third kappa shape index (κ3) is 2.32. The van der Waals surface area contributed by atoms with E-state index in [1.54, 1.807) is 0 Å². The quantitative estimate of drug-likeness (QED) is 0.610. The molecule has 0 N–H and O–H groups in total. The summed E-state index contributed by atoms with van der Waals surface area (Å²) in [6.45, 7) is 8.16. The molecule has 1 heteroatoms. The van der Waals surface area contributed by atoms with Crippen LogP contribution in [0.25, 0.3) is 10.9 Å². The Bertz CT molecular complexity index is 382. The molecule has 74 valence electrons. The molecule has 0 aliphatic heterocycles. The van der Waals surface area contributed by atoms with Crippen molar-refractivity contribution in [3.05, 3.63) is 41.6 Å². The van der Waals surface area contributed by atoms with Gasteiger partial charge in [0.15, 0.2) is 0 Å². The summed E-state index contributed by atoms with van der Waals surface area (Å²) in [6.07, 6.45) is 1.90. The molecule has 0 spiro atoms. The molecule has 1 aromatic heterocycles. The van der Waals surface area contributed by atoms with E-state index in [2.05, 4.69) is 43.1 Å². The van der Waals surface area contributed by atoms with Crippen LogP contribution in [-0.2, 0) is 0 Å². The minimum absolute atomic E-state index is 1.08. The molecular weight excluding hydrogens is 170 g/mol. The van der Waals surface area contributed by atoms with Crippen molar-refractivity contribution in [3.8, 4) is 0 Å². The lowest BCUT2D eigenvalue weighted by Gasteiger charge is -1.99. The lowest BCUT2D eigenvalue weighted by atomic mass is 10.1. The Morgan fingerprint density at radius 2 is 1.57 bits per heavy atom. The molecule has 0 saturated carbocycles. The van der Waals surface area contributed by atoms with Gasteiger partial charge >= 0.3 is 0 Å². The summed E-state index contributed by atoms with van der Waals surface area (Å²) in [5.41, 5.74) is 3.58. The second-order valence-corrected chi connectivity index (χ2v) is 3.21. The predicted octanol–water partition coefficient (Wildman–Crippen LogP) is 3.88. The van der Waals surface area contributed by atoms with Gasteiger partial charge in [-0.15, -0.1) is 0 Å². The molecule has 0 fully saturated rings. The van der Waals surface area contributed by atoms with Crippen molar-refractivity contribution in [3.63, 3.8) is 0 Å². The van der Waals surface area contributed by atoms with Crippen LogP contribution in [0.3, 0.4) is 0 Å². The number of aromatic nitrogens is 1. The zero-order chi connectivity index (χ0) is 10.6. The number of rotatable bonds is 0. The zero-order valence-electron chi connectivity index (χ0n) is 9.33. The van der Waals surface area contributed by atoms with E-state index in [1.807, 2.05) is 20.0 Å². The maximum Gasteiger partial charge on any atom is 0.0702 e. The van der Waals surface area contributed by atoms with Crippen LogP contribution in [0, 0.1) is 13.8 Å². The molecule has 14 heavy (non-hydrogen) atoms. The molecule has 0 unspecified atom stereocenters. The van der Waals surface area contributed by atoms with Gasteiger partial charge in [-0.2, -0.15) is 0 Å². The number of hydrogen-bond acceptors (Lipinski definition) is 1. The van der Waals surface area contributed by atoms with Gasteiger partial charge in [-0.3, -0.25) is 4.98 Å². The van der Waals surface area contributed by atoms with Gasteiger partial charge in [0.2, 0.25) is 0 Å². The van der Waals surface area contributed by atoms with Crippen LogP contribution in [0.1, 0.15) is 25.0 Å². The van der Waals surface area contributed by atoms with E-state index in [9.17, 15) is 0 Å². The highest BCUT2D eigenvalue weighted by Gasteiger charge is 1.94. The summed E-state index contributed by atoms with van der Waals surface area (Å²) in [5, 5.41) is 1.23. The first-order chi connectivity index (χ1) is 6.75. The van der Waals surface area contributed by atoms with Crippen LogP contribution in [-0.4, -0.2) is 4.98 Å². The predicted molar refractivity (Wildman–Crippen MR) is 62.6 cm³/mol. The number of pyridine rings is 1. The van der Waals surface area contributed by atoms with Crippen molar-refractivity contribution >= 4 is 10.9 Å². The third-order valence-corrected chi connectivity index (χ3v) is 1.97. The molecular formula is C13H17N. The van der Waals surface area contributed by atoms with E-state index in [-0.39, 0.29) is 0 Å². The first kappa shape index (κ1) is 10.7. The van der Waals surface area contributed by atoms with Gasteiger partial charge in [0.25, 0.3) is 0 Å². The molecule has 0 radical (unpaired) electrons. The molecule has 0 saturated heterocycles. The second kappa shape index (κ2) is 4.75. The van der Waals surface area contributed by atoms with Crippen molar-refractivity contribution in [2.24, 2.45) is 0 Å². The third-order valence-electron chi connectivity index (χ3n) is 1.97.